The molecule has 0 aromatic carbocycles. The molecule has 0 N–H and O–H groups in total. The molecule has 1 aliphatic rings. The summed E-state index contributed by atoms with van der Waals surface area (Å²) in [5.41, 5.74) is 0. The molecule has 0 aliphatic heterocycles. The normalized spacial score (nSPS) is 32.2. The second kappa shape index (κ2) is 6.78. The van der Waals surface area contributed by atoms with Gasteiger partial charge in [0.15, 0.2) is 0 Å². The molecule has 0 aromatic heterocycles. The van der Waals surface area contributed by atoms with Crippen molar-refractivity contribution in [1.82, 2.24) is 0 Å². The number of hydrogen-bond donors (Lipinski definition) is 0. The lowest BCUT2D eigenvalue weighted by Crippen LogP contribution is -2.27. The average Bonchev–Trinajstić information content (AvgIpc) is 2.20. The molecule has 0 nitrogen and oxygen atoms in total. The fraction of sp³-hybridized carbons (Fsp3) is 1.00. The third-order valence-corrected chi connectivity index (χ3v) is 4.63. The van der Waals surface area contributed by atoms with Crippen LogP contribution in [0.3, 0.4) is 0 Å². The third-order valence-electron chi connectivity index (χ3n) is 4.05. The van der Waals surface area contributed by atoms with Crippen molar-refractivity contribution < 1.29 is 0 Å². The van der Waals surface area contributed by atoms with Gasteiger partial charge in [0.2, 0.25) is 0 Å². The summed E-state index contributed by atoms with van der Waals surface area (Å²) in [7, 11) is 0. The van der Waals surface area contributed by atoms with E-state index in [2.05, 4.69) is 20.8 Å². The Morgan fingerprint density at radius 1 is 1.20 bits per heavy atom. The van der Waals surface area contributed by atoms with E-state index in [9.17, 15) is 0 Å². The van der Waals surface area contributed by atoms with Crippen LogP contribution in [0.25, 0.3) is 0 Å². The van der Waals surface area contributed by atoms with Gasteiger partial charge in [-0.3, -0.25) is 0 Å². The van der Waals surface area contributed by atoms with E-state index < -0.39 is 0 Å². The van der Waals surface area contributed by atoms with Crippen LogP contribution in [0.15, 0.2) is 0 Å². The number of halogens is 1. The molecule has 0 saturated heterocycles. The molecule has 1 fully saturated rings. The molecule has 15 heavy (non-hydrogen) atoms. The zero-order valence-corrected chi connectivity index (χ0v) is 11.4. The lowest BCUT2D eigenvalue weighted by atomic mass is 9.74. The molecule has 3 atom stereocenters. The van der Waals surface area contributed by atoms with Crippen LogP contribution in [-0.2, 0) is 0 Å². The van der Waals surface area contributed by atoms with Gasteiger partial charge >= 0.3 is 0 Å². The summed E-state index contributed by atoms with van der Waals surface area (Å²) in [5.74, 6) is 2.59. The summed E-state index contributed by atoms with van der Waals surface area (Å²) in [4.78, 5) is 0. The second-order valence-electron chi connectivity index (χ2n) is 5.59. The Labute approximate surface area is 101 Å². The molecule has 0 amide bonds. The maximum atomic E-state index is 6.43. The Morgan fingerprint density at radius 3 is 2.53 bits per heavy atom. The van der Waals surface area contributed by atoms with E-state index in [1.54, 1.807) is 0 Å². The monoisotopic (exact) mass is 230 g/mol. The Balaban J connectivity index is 2.32. The van der Waals surface area contributed by atoms with Gasteiger partial charge in [0.1, 0.15) is 0 Å². The van der Waals surface area contributed by atoms with Crippen molar-refractivity contribution in [1.29, 1.82) is 0 Å². The van der Waals surface area contributed by atoms with Crippen molar-refractivity contribution in [3.8, 4) is 0 Å². The highest BCUT2D eigenvalue weighted by molar-refractivity contribution is 6.20. The number of unbranched alkanes of at least 4 members (excludes halogenated alkanes) is 2. The lowest BCUT2D eigenvalue weighted by molar-refractivity contribution is 0.208. The molecule has 1 aliphatic carbocycles. The zero-order chi connectivity index (χ0) is 11.3. The van der Waals surface area contributed by atoms with Crippen LogP contribution in [0, 0.1) is 17.8 Å². The van der Waals surface area contributed by atoms with Crippen molar-refractivity contribution in [2.24, 2.45) is 17.8 Å². The second-order valence-corrected chi connectivity index (χ2v) is 6.15. The van der Waals surface area contributed by atoms with Crippen molar-refractivity contribution in [2.45, 2.75) is 71.1 Å². The van der Waals surface area contributed by atoms with Crippen LogP contribution in [0.5, 0.6) is 0 Å². The zero-order valence-electron chi connectivity index (χ0n) is 10.6. The van der Waals surface area contributed by atoms with E-state index in [1.807, 2.05) is 0 Å². The molecule has 1 heteroatoms. The predicted molar refractivity (Wildman–Crippen MR) is 69.5 cm³/mol. The van der Waals surface area contributed by atoms with Gasteiger partial charge in [0.05, 0.1) is 0 Å². The summed E-state index contributed by atoms with van der Waals surface area (Å²) in [5, 5.41) is 0.469. The smallest absolute Gasteiger partial charge is 0.0364 e. The number of hydrogen-bond acceptors (Lipinski definition) is 0. The molecule has 0 bridgehead atoms. The van der Waals surface area contributed by atoms with Crippen LogP contribution in [-0.4, -0.2) is 5.38 Å². The fourth-order valence-electron chi connectivity index (χ4n) is 2.82. The molecular formula is C14H27Cl. The standard InChI is InChI=1S/C14H27Cl/c1-4-5-6-7-13-10-12(11(2)3)8-9-14(13)15/h11-14H,4-10H2,1-3H3. The van der Waals surface area contributed by atoms with E-state index in [4.69, 9.17) is 11.6 Å². The van der Waals surface area contributed by atoms with Gasteiger partial charge in [0, 0.05) is 5.38 Å². The van der Waals surface area contributed by atoms with Gasteiger partial charge in [-0.1, -0.05) is 40.0 Å². The van der Waals surface area contributed by atoms with E-state index in [0.29, 0.717) is 5.38 Å². The molecule has 0 aromatic rings. The minimum Gasteiger partial charge on any atom is -0.123 e. The maximum absolute atomic E-state index is 6.43. The van der Waals surface area contributed by atoms with E-state index >= 15 is 0 Å². The first-order valence-corrected chi connectivity index (χ1v) is 7.22. The average molecular weight is 231 g/mol. The first-order valence-electron chi connectivity index (χ1n) is 6.79. The van der Waals surface area contributed by atoms with Crippen LogP contribution in [0.2, 0.25) is 0 Å². The Kier molecular flexibility index (Phi) is 6.04. The van der Waals surface area contributed by atoms with Gasteiger partial charge in [-0.25, -0.2) is 0 Å². The van der Waals surface area contributed by atoms with Crippen molar-refractivity contribution in [3.05, 3.63) is 0 Å². The largest absolute Gasteiger partial charge is 0.123 e. The highest BCUT2D eigenvalue weighted by Gasteiger charge is 2.29. The Morgan fingerprint density at radius 2 is 1.93 bits per heavy atom. The summed E-state index contributed by atoms with van der Waals surface area (Å²) < 4.78 is 0. The summed E-state index contributed by atoms with van der Waals surface area (Å²) in [6.07, 6.45) is 9.45. The van der Waals surface area contributed by atoms with Crippen LogP contribution >= 0.6 is 11.6 Å². The lowest BCUT2D eigenvalue weighted by Gasteiger charge is -2.35. The SMILES string of the molecule is CCCCCC1CC(C(C)C)CCC1Cl. The number of rotatable bonds is 5. The molecule has 3 unspecified atom stereocenters. The van der Waals surface area contributed by atoms with E-state index in [1.165, 1.54) is 44.9 Å². The van der Waals surface area contributed by atoms with Crippen LogP contribution in [0.4, 0.5) is 0 Å². The quantitative estimate of drug-likeness (QED) is 0.447. The maximum Gasteiger partial charge on any atom is 0.0364 e. The minimum absolute atomic E-state index is 0.469. The van der Waals surface area contributed by atoms with Gasteiger partial charge in [-0.15, -0.1) is 11.6 Å². The highest BCUT2D eigenvalue weighted by Crippen LogP contribution is 2.38. The first-order chi connectivity index (χ1) is 7.15. The molecule has 90 valence electrons. The van der Waals surface area contributed by atoms with Crippen LogP contribution < -0.4 is 0 Å². The molecule has 1 saturated carbocycles. The van der Waals surface area contributed by atoms with Gasteiger partial charge in [0.25, 0.3) is 0 Å². The number of alkyl halides is 1. The van der Waals surface area contributed by atoms with E-state index in [0.717, 1.165) is 17.8 Å². The van der Waals surface area contributed by atoms with Gasteiger partial charge in [-0.05, 0) is 43.4 Å². The van der Waals surface area contributed by atoms with E-state index in [-0.39, 0.29) is 0 Å². The highest BCUT2D eigenvalue weighted by atomic mass is 35.5. The topological polar surface area (TPSA) is 0 Å². The molecule has 1 rings (SSSR count). The Bertz CT molecular complexity index is 165. The minimum atomic E-state index is 0.469. The van der Waals surface area contributed by atoms with Crippen molar-refractivity contribution >= 4 is 11.6 Å². The molecular weight excluding hydrogens is 204 g/mol. The van der Waals surface area contributed by atoms with Crippen molar-refractivity contribution in [3.63, 3.8) is 0 Å². The Hall–Kier alpha value is 0.290. The molecule has 0 heterocycles. The fourth-order valence-corrected chi connectivity index (χ4v) is 3.18. The molecule has 0 radical (unpaired) electrons. The van der Waals surface area contributed by atoms with Gasteiger partial charge in [-0.2, -0.15) is 0 Å². The van der Waals surface area contributed by atoms with Gasteiger partial charge < -0.3 is 0 Å². The first kappa shape index (κ1) is 13.4. The van der Waals surface area contributed by atoms with Crippen molar-refractivity contribution in [2.75, 3.05) is 0 Å². The third kappa shape index (κ3) is 4.34. The summed E-state index contributed by atoms with van der Waals surface area (Å²) in [6, 6.07) is 0. The summed E-state index contributed by atoms with van der Waals surface area (Å²) >= 11 is 6.43. The predicted octanol–water partition coefficient (Wildman–Crippen LogP) is 5.25. The summed E-state index contributed by atoms with van der Waals surface area (Å²) in [6.45, 7) is 7.00. The van der Waals surface area contributed by atoms with Crippen LogP contribution in [0.1, 0.15) is 65.7 Å². The molecule has 0 spiro atoms.